The zero-order valence-corrected chi connectivity index (χ0v) is 16.3. The standard InChI is InChI=1S/C20H22N6OS/c27-19(25-10-2-6-17(25)18-7-3-11-28-18)13-21-15-5-1-4-14(12-15)20-22-23-24-26(20)16-8-9-16/h1,3-5,7,11-12,16-17,21H,2,6,8-10,13H2. The van der Waals surface area contributed by atoms with Gasteiger partial charge >= 0.3 is 0 Å². The van der Waals surface area contributed by atoms with Crippen molar-refractivity contribution in [3.63, 3.8) is 0 Å². The van der Waals surface area contributed by atoms with Crippen LogP contribution in [0.3, 0.4) is 0 Å². The average Bonchev–Trinajstić information content (AvgIpc) is 3.15. The Hall–Kier alpha value is -2.74. The van der Waals surface area contributed by atoms with Crippen LogP contribution in [-0.4, -0.2) is 44.1 Å². The summed E-state index contributed by atoms with van der Waals surface area (Å²) in [6.45, 7) is 1.12. The SMILES string of the molecule is O=C(CNc1cccc(-c2nnnn2C2CC2)c1)N1CCCC1c1cccs1. The first-order chi connectivity index (χ1) is 13.8. The van der Waals surface area contributed by atoms with E-state index in [0.29, 0.717) is 12.6 Å². The van der Waals surface area contributed by atoms with Crippen LogP contribution in [0.15, 0.2) is 41.8 Å². The summed E-state index contributed by atoms with van der Waals surface area (Å²) in [5.41, 5.74) is 1.87. The highest BCUT2D eigenvalue weighted by molar-refractivity contribution is 7.10. The molecule has 1 saturated heterocycles. The van der Waals surface area contributed by atoms with Gasteiger partial charge in [-0.2, -0.15) is 0 Å². The van der Waals surface area contributed by atoms with E-state index in [1.807, 2.05) is 33.8 Å². The molecule has 144 valence electrons. The third kappa shape index (κ3) is 3.40. The number of amides is 1. The molecule has 7 nitrogen and oxygen atoms in total. The summed E-state index contributed by atoms with van der Waals surface area (Å²) < 4.78 is 1.90. The molecule has 0 bridgehead atoms. The van der Waals surface area contributed by atoms with Gasteiger partial charge in [-0.3, -0.25) is 4.79 Å². The molecule has 8 heteroatoms. The fraction of sp³-hybridized carbons (Fsp3) is 0.400. The number of thiophene rings is 1. The lowest BCUT2D eigenvalue weighted by molar-refractivity contribution is -0.130. The van der Waals surface area contributed by atoms with Crippen molar-refractivity contribution in [2.75, 3.05) is 18.4 Å². The Kier molecular flexibility index (Phi) is 4.56. The molecule has 0 spiro atoms. The molecular weight excluding hydrogens is 372 g/mol. The molecule has 1 aromatic carbocycles. The molecule has 1 aliphatic carbocycles. The molecule has 3 heterocycles. The average molecular weight is 395 g/mol. The molecule has 1 unspecified atom stereocenters. The maximum absolute atomic E-state index is 12.8. The van der Waals surface area contributed by atoms with Crippen LogP contribution in [-0.2, 0) is 4.79 Å². The second-order valence-corrected chi connectivity index (χ2v) is 8.35. The van der Waals surface area contributed by atoms with Gasteiger partial charge in [0.1, 0.15) is 0 Å². The van der Waals surface area contributed by atoms with E-state index in [1.165, 1.54) is 4.88 Å². The number of likely N-dealkylation sites (tertiary alicyclic amines) is 1. The van der Waals surface area contributed by atoms with Gasteiger partial charge in [0.2, 0.25) is 5.91 Å². The number of carbonyl (C=O) groups excluding carboxylic acids is 1. The van der Waals surface area contributed by atoms with E-state index in [1.54, 1.807) is 11.3 Å². The van der Waals surface area contributed by atoms with E-state index in [-0.39, 0.29) is 11.9 Å². The number of hydrogen-bond acceptors (Lipinski definition) is 6. The van der Waals surface area contributed by atoms with Crippen LogP contribution in [0.2, 0.25) is 0 Å². The minimum Gasteiger partial charge on any atom is -0.376 e. The Balaban J connectivity index is 1.27. The van der Waals surface area contributed by atoms with Gasteiger partial charge in [0.25, 0.3) is 0 Å². The van der Waals surface area contributed by atoms with Crippen molar-refractivity contribution >= 4 is 22.9 Å². The molecule has 1 saturated carbocycles. The highest BCUT2D eigenvalue weighted by atomic mass is 32.1. The van der Waals surface area contributed by atoms with Crippen molar-refractivity contribution in [1.82, 2.24) is 25.1 Å². The maximum atomic E-state index is 12.8. The van der Waals surface area contributed by atoms with Crippen LogP contribution in [0.1, 0.15) is 42.6 Å². The molecule has 28 heavy (non-hydrogen) atoms. The van der Waals surface area contributed by atoms with Crippen LogP contribution < -0.4 is 5.32 Å². The zero-order valence-electron chi connectivity index (χ0n) is 15.5. The lowest BCUT2D eigenvalue weighted by Crippen LogP contribution is -2.34. The Morgan fingerprint density at radius 2 is 2.14 bits per heavy atom. The van der Waals surface area contributed by atoms with E-state index in [9.17, 15) is 4.79 Å². The molecular formula is C20H22N6OS. The molecule has 1 N–H and O–H groups in total. The number of tetrazole rings is 1. The van der Waals surface area contributed by atoms with Gasteiger partial charge in [-0.1, -0.05) is 18.2 Å². The van der Waals surface area contributed by atoms with Crippen molar-refractivity contribution in [3.05, 3.63) is 46.7 Å². The van der Waals surface area contributed by atoms with Gasteiger partial charge in [-0.25, -0.2) is 4.68 Å². The number of benzene rings is 1. The number of hydrogen-bond donors (Lipinski definition) is 1. The number of nitrogens with one attached hydrogen (secondary N) is 1. The fourth-order valence-electron chi connectivity index (χ4n) is 3.84. The second-order valence-electron chi connectivity index (χ2n) is 7.37. The van der Waals surface area contributed by atoms with Crippen molar-refractivity contribution in [2.24, 2.45) is 0 Å². The fourth-order valence-corrected chi connectivity index (χ4v) is 4.71. The predicted octanol–water partition coefficient (Wildman–Crippen LogP) is 3.51. The Morgan fingerprint density at radius 3 is 2.96 bits per heavy atom. The molecule has 5 rings (SSSR count). The second kappa shape index (κ2) is 7.35. The first-order valence-electron chi connectivity index (χ1n) is 9.74. The minimum absolute atomic E-state index is 0.143. The van der Waals surface area contributed by atoms with Crippen molar-refractivity contribution in [1.29, 1.82) is 0 Å². The molecule has 2 aromatic heterocycles. The molecule has 2 fully saturated rings. The Morgan fingerprint density at radius 1 is 1.21 bits per heavy atom. The lowest BCUT2D eigenvalue weighted by atomic mass is 10.2. The monoisotopic (exact) mass is 394 g/mol. The lowest BCUT2D eigenvalue weighted by Gasteiger charge is -2.24. The predicted molar refractivity (Wildman–Crippen MR) is 108 cm³/mol. The van der Waals surface area contributed by atoms with Crippen LogP contribution in [0.4, 0.5) is 5.69 Å². The number of nitrogens with zero attached hydrogens (tertiary/aromatic N) is 5. The molecule has 2 aliphatic rings. The van der Waals surface area contributed by atoms with Crippen LogP contribution in [0.25, 0.3) is 11.4 Å². The van der Waals surface area contributed by atoms with E-state index in [0.717, 1.165) is 49.3 Å². The molecule has 1 aliphatic heterocycles. The number of rotatable bonds is 6. The molecule has 1 amide bonds. The van der Waals surface area contributed by atoms with Crippen molar-refractivity contribution in [2.45, 2.75) is 37.8 Å². The number of aromatic nitrogens is 4. The summed E-state index contributed by atoms with van der Waals surface area (Å²) >= 11 is 1.73. The Labute approximate surface area is 167 Å². The summed E-state index contributed by atoms with van der Waals surface area (Å²) in [7, 11) is 0. The van der Waals surface area contributed by atoms with Crippen LogP contribution >= 0.6 is 11.3 Å². The number of anilines is 1. The third-order valence-corrected chi connectivity index (χ3v) is 6.37. The normalized spacial score (nSPS) is 19.1. The van der Waals surface area contributed by atoms with Gasteiger partial charge < -0.3 is 10.2 Å². The van der Waals surface area contributed by atoms with Gasteiger partial charge in [0, 0.05) is 22.7 Å². The van der Waals surface area contributed by atoms with E-state index in [4.69, 9.17) is 0 Å². The summed E-state index contributed by atoms with van der Waals surface area (Å²) in [6.07, 6.45) is 4.37. The smallest absolute Gasteiger partial charge is 0.242 e. The third-order valence-electron chi connectivity index (χ3n) is 5.39. The van der Waals surface area contributed by atoms with Gasteiger partial charge in [-0.15, -0.1) is 16.4 Å². The first kappa shape index (κ1) is 17.4. The maximum Gasteiger partial charge on any atom is 0.242 e. The topological polar surface area (TPSA) is 75.9 Å². The van der Waals surface area contributed by atoms with Gasteiger partial charge in [-0.05, 0) is 59.7 Å². The summed E-state index contributed by atoms with van der Waals surface area (Å²) in [4.78, 5) is 16.1. The summed E-state index contributed by atoms with van der Waals surface area (Å²) in [5, 5.41) is 17.5. The van der Waals surface area contributed by atoms with E-state index < -0.39 is 0 Å². The molecule has 3 aromatic rings. The van der Waals surface area contributed by atoms with E-state index >= 15 is 0 Å². The Bertz CT molecular complexity index is 965. The van der Waals surface area contributed by atoms with Crippen molar-refractivity contribution < 1.29 is 4.79 Å². The van der Waals surface area contributed by atoms with Crippen molar-refractivity contribution in [3.8, 4) is 11.4 Å². The van der Waals surface area contributed by atoms with E-state index in [2.05, 4.69) is 38.4 Å². The minimum atomic E-state index is 0.143. The quantitative estimate of drug-likeness (QED) is 0.692. The highest BCUT2D eigenvalue weighted by Gasteiger charge is 2.30. The van der Waals surface area contributed by atoms with Crippen LogP contribution in [0.5, 0.6) is 0 Å². The summed E-state index contributed by atoms with van der Waals surface area (Å²) in [5.74, 6) is 0.930. The highest BCUT2D eigenvalue weighted by Crippen LogP contribution is 2.37. The number of carbonyl (C=O) groups is 1. The van der Waals surface area contributed by atoms with Crippen LogP contribution in [0, 0.1) is 0 Å². The first-order valence-corrected chi connectivity index (χ1v) is 10.6. The largest absolute Gasteiger partial charge is 0.376 e. The molecule has 1 atom stereocenters. The zero-order chi connectivity index (χ0) is 18.9. The van der Waals surface area contributed by atoms with Gasteiger partial charge in [0.05, 0.1) is 18.6 Å². The molecule has 0 radical (unpaired) electrons. The van der Waals surface area contributed by atoms with Gasteiger partial charge in [0.15, 0.2) is 5.82 Å². The summed E-state index contributed by atoms with van der Waals surface area (Å²) in [6, 6.07) is 12.8.